The van der Waals surface area contributed by atoms with Crippen LogP contribution in [0.5, 0.6) is 0 Å². The molecule has 7 heteroatoms. The van der Waals surface area contributed by atoms with Crippen molar-refractivity contribution < 1.29 is 18.8 Å². The fraction of sp³-hybridized carbons (Fsp3) is 0.190. The number of benzene rings is 2. The van der Waals surface area contributed by atoms with E-state index in [0.717, 1.165) is 11.1 Å². The Hall–Kier alpha value is -3.06. The van der Waals surface area contributed by atoms with E-state index in [4.69, 9.17) is 9.26 Å². The molecule has 0 fully saturated rings. The molecular formula is C21H20N2O4S. The van der Waals surface area contributed by atoms with Crippen molar-refractivity contribution in [2.24, 2.45) is 0 Å². The van der Waals surface area contributed by atoms with E-state index in [1.807, 2.05) is 60.7 Å². The number of aryl methyl sites for hydroxylation is 1. The molecule has 2 aromatic carbocycles. The lowest BCUT2D eigenvalue weighted by molar-refractivity contribution is -0.144. The third-order valence-electron chi connectivity index (χ3n) is 3.80. The Morgan fingerprint density at radius 1 is 1.04 bits per heavy atom. The Morgan fingerprint density at radius 2 is 1.64 bits per heavy atom. The van der Waals surface area contributed by atoms with E-state index < -0.39 is 6.10 Å². The van der Waals surface area contributed by atoms with E-state index >= 15 is 0 Å². The lowest BCUT2D eigenvalue weighted by Gasteiger charge is -2.18. The normalized spacial score (nSPS) is 10.6. The molecule has 0 atom stereocenters. The molecule has 1 aromatic heterocycles. The van der Waals surface area contributed by atoms with Gasteiger partial charge in [0.1, 0.15) is 5.76 Å². The van der Waals surface area contributed by atoms with E-state index in [-0.39, 0.29) is 23.4 Å². The van der Waals surface area contributed by atoms with Crippen LogP contribution < -0.4 is 5.32 Å². The minimum atomic E-state index is -0.484. The van der Waals surface area contributed by atoms with Crippen molar-refractivity contribution >= 4 is 29.5 Å². The first-order valence-corrected chi connectivity index (χ1v) is 9.87. The van der Waals surface area contributed by atoms with Crippen molar-refractivity contribution in [3.63, 3.8) is 0 Å². The Labute approximate surface area is 167 Å². The van der Waals surface area contributed by atoms with Gasteiger partial charge in [-0.15, -0.1) is 11.8 Å². The third kappa shape index (κ3) is 5.72. The second-order valence-corrected chi connectivity index (χ2v) is 7.04. The maximum absolute atomic E-state index is 12.3. The fourth-order valence-electron chi connectivity index (χ4n) is 2.58. The van der Waals surface area contributed by atoms with Gasteiger partial charge in [0.2, 0.25) is 5.91 Å². The number of esters is 1. The Balaban J connectivity index is 1.53. The number of carbonyl (C=O) groups is 2. The number of aromatic nitrogens is 1. The van der Waals surface area contributed by atoms with Crippen molar-refractivity contribution in [1.82, 2.24) is 5.16 Å². The smallest absolute Gasteiger partial charge is 0.316 e. The van der Waals surface area contributed by atoms with Crippen LogP contribution in [0.1, 0.15) is 23.0 Å². The van der Waals surface area contributed by atoms with Crippen LogP contribution >= 0.6 is 11.8 Å². The number of thioether (sulfide) groups is 1. The van der Waals surface area contributed by atoms with Gasteiger partial charge in [0.05, 0.1) is 11.5 Å². The summed E-state index contributed by atoms with van der Waals surface area (Å²) in [5, 5.41) is 6.31. The van der Waals surface area contributed by atoms with Gasteiger partial charge >= 0.3 is 5.97 Å². The summed E-state index contributed by atoms with van der Waals surface area (Å²) in [6, 6.07) is 20.8. The number of hydrogen-bond donors (Lipinski definition) is 1. The average Bonchev–Trinajstić information content (AvgIpc) is 3.12. The van der Waals surface area contributed by atoms with E-state index in [0.29, 0.717) is 11.6 Å². The average molecular weight is 396 g/mol. The molecule has 0 saturated carbocycles. The highest BCUT2D eigenvalue weighted by Crippen LogP contribution is 2.26. The van der Waals surface area contributed by atoms with Gasteiger partial charge in [-0.05, 0) is 18.1 Å². The Kier molecular flexibility index (Phi) is 6.86. The van der Waals surface area contributed by atoms with Crippen molar-refractivity contribution in [3.05, 3.63) is 83.6 Å². The number of anilines is 1. The van der Waals surface area contributed by atoms with Crippen LogP contribution in [0.4, 0.5) is 5.82 Å². The van der Waals surface area contributed by atoms with Gasteiger partial charge in [0.15, 0.2) is 11.9 Å². The molecule has 0 unspecified atom stereocenters. The highest BCUT2D eigenvalue weighted by atomic mass is 32.2. The zero-order valence-corrected chi connectivity index (χ0v) is 16.1. The maximum Gasteiger partial charge on any atom is 0.316 e. The second-order valence-electron chi connectivity index (χ2n) is 6.06. The molecule has 3 rings (SSSR count). The lowest BCUT2D eigenvalue weighted by atomic mass is 10.0. The van der Waals surface area contributed by atoms with Gasteiger partial charge in [0, 0.05) is 6.07 Å². The number of nitrogens with zero attached hydrogens (tertiary/aromatic N) is 1. The molecule has 28 heavy (non-hydrogen) atoms. The zero-order chi connectivity index (χ0) is 19.8. The number of nitrogens with one attached hydrogen (secondary N) is 1. The lowest BCUT2D eigenvalue weighted by Crippen LogP contribution is -2.18. The van der Waals surface area contributed by atoms with Gasteiger partial charge in [-0.2, -0.15) is 0 Å². The summed E-state index contributed by atoms with van der Waals surface area (Å²) in [5.74, 6) is 0.517. The third-order valence-corrected chi connectivity index (χ3v) is 4.71. The molecule has 0 spiro atoms. The molecule has 0 aliphatic rings. The molecule has 0 radical (unpaired) electrons. The fourth-order valence-corrected chi connectivity index (χ4v) is 3.18. The van der Waals surface area contributed by atoms with Crippen LogP contribution in [-0.4, -0.2) is 28.5 Å². The molecule has 1 N–H and O–H groups in total. The first-order chi connectivity index (χ1) is 13.6. The molecule has 144 valence electrons. The van der Waals surface area contributed by atoms with Crippen LogP contribution in [0, 0.1) is 6.92 Å². The van der Waals surface area contributed by atoms with Crippen LogP contribution in [-0.2, 0) is 14.3 Å². The maximum atomic E-state index is 12.3. The van der Waals surface area contributed by atoms with Gasteiger partial charge < -0.3 is 14.6 Å². The molecule has 1 amide bonds. The number of rotatable bonds is 8. The monoisotopic (exact) mass is 396 g/mol. The summed E-state index contributed by atoms with van der Waals surface area (Å²) in [4.78, 5) is 24.2. The van der Waals surface area contributed by atoms with Gasteiger partial charge in [-0.3, -0.25) is 9.59 Å². The molecule has 1 heterocycles. The van der Waals surface area contributed by atoms with E-state index in [9.17, 15) is 9.59 Å². The summed E-state index contributed by atoms with van der Waals surface area (Å²) < 4.78 is 10.6. The first-order valence-electron chi connectivity index (χ1n) is 8.72. The molecule has 3 aromatic rings. The predicted molar refractivity (Wildman–Crippen MR) is 108 cm³/mol. The Morgan fingerprint density at radius 3 is 2.18 bits per heavy atom. The predicted octanol–water partition coefficient (Wildman–Crippen LogP) is 3.99. The van der Waals surface area contributed by atoms with Crippen LogP contribution in [0.2, 0.25) is 0 Å². The standard InChI is InChI=1S/C21H20N2O4S/c1-15-12-18(23-27-15)22-19(24)13-28-14-20(25)26-21(16-8-4-2-5-9-16)17-10-6-3-7-11-17/h2-12,21H,13-14H2,1H3,(H,22,23,24). The van der Waals surface area contributed by atoms with Crippen molar-refractivity contribution in [2.45, 2.75) is 13.0 Å². The summed E-state index contributed by atoms with van der Waals surface area (Å²) in [7, 11) is 0. The molecule has 0 saturated heterocycles. The van der Waals surface area contributed by atoms with Gasteiger partial charge in [-0.1, -0.05) is 65.8 Å². The van der Waals surface area contributed by atoms with E-state index in [1.54, 1.807) is 13.0 Å². The summed E-state index contributed by atoms with van der Waals surface area (Å²) in [5.41, 5.74) is 1.79. The van der Waals surface area contributed by atoms with Crippen molar-refractivity contribution in [3.8, 4) is 0 Å². The zero-order valence-electron chi connectivity index (χ0n) is 15.3. The molecule has 0 aliphatic heterocycles. The second kappa shape index (κ2) is 9.75. The molecular weight excluding hydrogens is 376 g/mol. The minimum Gasteiger partial charge on any atom is -0.452 e. The van der Waals surface area contributed by atoms with Crippen molar-refractivity contribution in [1.29, 1.82) is 0 Å². The number of ether oxygens (including phenoxy) is 1. The number of carbonyl (C=O) groups excluding carboxylic acids is 2. The van der Waals surface area contributed by atoms with Gasteiger partial charge in [-0.25, -0.2) is 0 Å². The van der Waals surface area contributed by atoms with E-state index in [2.05, 4.69) is 10.5 Å². The minimum absolute atomic E-state index is 0.0709. The quantitative estimate of drug-likeness (QED) is 0.580. The van der Waals surface area contributed by atoms with Crippen LogP contribution in [0.3, 0.4) is 0 Å². The highest BCUT2D eigenvalue weighted by Gasteiger charge is 2.19. The number of amides is 1. The molecule has 0 aliphatic carbocycles. The SMILES string of the molecule is Cc1cc(NC(=O)CSCC(=O)OC(c2ccccc2)c2ccccc2)no1. The Bertz CT molecular complexity index is 873. The van der Waals surface area contributed by atoms with Crippen LogP contribution in [0.15, 0.2) is 71.3 Å². The summed E-state index contributed by atoms with van der Waals surface area (Å²) >= 11 is 1.18. The van der Waals surface area contributed by atoms with Gasteiger partial charge in [0.25, 0.3) is 0 Å². The van der Waals surface area contributed by atoms with Crippen molar-refractivity contribution in [2.75, 3.05) is 16.8 Å². The largest absolute Gasteiger partial charge is 0.452 e. The van der Waals surface area contributed by atoms with Crippen LogP contribution in [0.25, 0.3) is 0 Å². The molecule has 6 nitrogen and oxygen atoms in total. The highest BCUT2D eigenvalue weighted by molar-refractivity contribution is 8.00. The summed E-state index contributed by atoms with van der Waals surface area (Å²) in [6.07, 6.45) is -0.484. The number of hydrogen-bond acceptors (Lipinski definition) is 6. The summed E-state index contributed by atoms with van der Waals surface area (Å²) in [6.45, 7) is 1.74. The van der Waals surface area contributed by atoms with E-state index in [1.165, 1.54) is 11.8 Å². The first kappa shape index (κ1) is 19.7. The topological polar surface area (TPSA) is 81.4 Å². The molecule has 0 bridgehead atoms.